The van der Waals surface area contributed by atoms with E-state index in [4.69, 9.17) is 4.52 Å². The van der Waals surface area contributed by atoms with Crippen molar-refractivity contribution in [2.75, 3.05) is 23.8 Å². The summed E-state index contributed by atoms with van der Waals surface area (Å²) >= 11 is 3.84. The number of nitrogens with one attached hydrogen (secondary N) is 1. The summed E-state index contributed by atoms with van der Waals surface area (Å²) in [4.78, 5) is 4.46. The van der Waals surface area contributed by atoms with Gasteiger partial charge in [0.2, 0.25) is 5.89 Å². The molecule has 94 valence electrons. The molecule has 1 aromatic heterocycles. The average Bonchev–Trinajstić information content (AvgIpc) is 2.98. The van der Waals surface area contributed by atoms with Crippen LogP contribution >= 0.6 is 23.5 Å². The van der Waals surface area contributed by atoms with Crippen LogP contribution in [0.3, 0.4) is 0 Å². The predicted molar refractivity (Wildman–Crippen MR) is 68.2 cm³/mol. The molecule has 3 heterocycles. The van der Waals surface area contributed by atoms with Crippen molar-refractivity contribution in [1.82, 2.24) is 15.5 Å². The summed E-state index contributed by atoms with van der Waals surface area (Å²) in [5.41, 5.74) is 0. The maximum absolute atomic E-state index is 9.46. The Balaban J connectivity index is 1.69. The highest BCUT2D eigenvalue weighted by Crippen LogP contribution is 2.35. The Morgan fingerprint density at radius 1 is 1.41 bits per heavy atom. The highest BCUT2D eigenvalue weighted by molar-refractivity contribution is 8.06. The van der Waals surface area contributed by atoms with Gasteiger partial charge in [0.25, 0.3) is 0 Å². The third-order valence-corrected chi connectivity index (χ3v) is 5.72. The van der Waals surface area contributed by atoms with E-state index in [1.807, 2.05) is 23.5 Å². The number of aliphatic hydroxyl groups excluding tert-OH is 1. The molecule has 2 aliphatic rings. The number of thioether (sulfide) groups is 2. The minimum atomic E-state index is -0.296. The molecule has 1 aromatic rings. The molecule has 7 heteroatoms. The number of hydrogen-bond donors (Lipinski definition) is 2. The van der Waals surface area contributed by atoms with Gasteiger partial charge in [-0.15, -0.1) is 11.8 Å². The fourth-order valence-corrected chi connectivity index (χ4v) is 4.65. The molecule has 0 aliphatic carbocycles. The summed E-state index contributed by atoms with van der Waals surface area (Å²) < 4.78 is 5.29. The number of aromatic nitrogens is 2. The van der Waals surface area contributed by atoms with Gasteiger partial charge in [-0.1, -0.05) is 5.16 Å². The van der Waals surface area contributed by atoms with Crippen molar-refractivity contribution < 1.29 is 9.63 Å². The van der Waals surface area contributed by atoms with E-state index in [9.17, 15) is 5.11 Å². The van der Waals surface area contributed by atoms with Crippen LogP contribution in [0.4, 0.5) is 0 Å². The van der Waals surface area contributed by atoms with Crippen LogP contribution in [-0.2, 0) is 0 Å². The topological polar surface area (TPSA) is 71.2 Å². The van der Waals surface area contributed by atoms with Crippen molar-refractivity contribution in [3.8, 4) is 0 Å². The Hall–Kier alpha value is -0.240. The van der Waals surface area contributed by atoms with Gasteiger partial charge in [-0.25, -0.2) is 0 Å². The molecule has 0 amide bonds. The van der Waals surface area contributed by atoms with Crippen molar-refractivity contribution in [1.29, 1.82) is 0 Å². The summed E-state index contributed by atoms with van der Waals surface area (Å²) in [5.74, 6) is 4.85. The first-order chi connectivity index (χ1) is 8.33. The highest BCUT2D eigenvalue weighted by Gasteiger charge is 2.29. The van der Waals surface area contributed by atoms with Gasteiger partial charge < -0.3 is 14.9 Å². The minimum absolute atomic E-state index is 0.0208. The lowest BCUT2D eigenvalue weighted by atomic mass is 10.2. The quantitative estimate of drug-likeness (QED) is 0.832. The second-order valence-corrected chi connectivity index (χ2v) is 6.74. The van der Waals surface area contributed by atoms with Crippen LogP contribution in [0.5, 0.6) is 0 Å². The normalized spacial score (nSPS) is 34.1. The molecule has 0 bridgehead atoms. The molecule has 0 aromatic carbocycles. The molecule has 2 N–H and O–H groups in total. The van der Waals surface area contributed by atoms with Gasteiger partial charge >= 0.3 is 0 Å². The summed E-state index contributed by atoms with van der Waals surface area (Å²) in [7, 11) is 0. The molecule has 2 saturated heterocycles. The van der Waals surface area contributed by atoms with Crippen LogP contribution in [0.15, 0.2) is 4.52 Å². The largest absolute Gasteiger partial charge is 0.392 e. The van der Waals surface area contributed by atoms with Gasteiger partial charge in [-0.05, 0) is 6.42 Å². The van der Waals surface area contributed by atoms with E-state index in [2.05, 4.69) is 15.5 Å². The molecule has 3 atom stereocenters. The first-order valence-corrected chi connectivity index (χ1v) is 7.97. The van der Waals surface area contributed by atoms with E-state index < -0.39 is 0 Å². The highest BCUT2D eigenvalue weighted by atomic mass is 32.2. The standard InChI is InChI=1S/C10H15N3O2S2/c14-6-3-7(11-4-6)10-12-9(13-15-10)8-5-16-1-2-17-8/h6-8,11,14H,1-5H2/t6?,7-,8?/m0/s1. The van der Waals surface area contributed by atoms with Crippen LogP contribution < -0.4 is 5.32 Å². The Morgan fingerprint density at radius 3 is 3.06 bits per heavy atom. The predicted octanol–water partition coefficient (Wildman–Crippen LogP) is 0.986. The van der Waals surface area contributed by atoms with Crippen LogP contribution in [-0.4, -0.2) is 45.2 Å². The summed E-state index contributed by atoms with van der Waals surface area (Å²) in [6.07, 6.45) is 0.365. The zero-order valence-electron chi connectivity index (χ0n) is 9.33. The third kappa shape index (κ3) is 2.62. The van der Waals surface area contributed by atoms with Crippen molar-refractivity contribution in [2.45, 2.75) is 23.8 Å². The zero-order valence-corrected chi connectivity index (χ0v) is 11.0. The monoisotopic (exact) mass is 273 g/mol. The summed E-state index contributed by atoms with van der Waals surface area (Å²) in [6, 6.07) is 0.0208. The van der Waals surface area contributed by atoms with Crippen LogP contribution in [0.1, 0.15) is 29.4 Å². The molecule has 3 rings (SSSR count). The Kier molecular flexibility index (Phi) is 3.60. The van der Waals surface area contributed by atoms with Gasteiger partial charge in [-0.3, -0.25) is 0 Å². The summed E-state index contributed by atoms with van der Waals surface area (Å²) in [5, 5.41) is 17.1. The molecular weight excluding hydrogens is 258 g/mol. The molecule has 17 heavy (non-hydrogen) atoms. The van der Waals surface area contributed by atoms with Crippen molar-refractivity contribution in [3.63, 3.8) is 0 Å². The zero-order chi connectivity index (χ0) is 11.7. The van der Waals surface area contributed by atoms with E-state index in [-0.39, 0.29) is 12.1 Å². The van der Waals surface area contributed by atoms with Crippen LogP contribution in [0.25, 0.3) is 0 Å². The fraction of sp³-hybridized carbons (Fsp3) is 0.800. The van der Waals surface area contributed by atoms with Gasteiger partial charge in [0.1, 0.15) is 0 Å². The second-order valence-electron chi connectivity index (χ2n) is 4.28. The first kappa shape index (κ1) is 11.8. The van der Waals surface area contributed by atoms with E-state index in [0.29, 0.717) is 24.1 Å². The number of rotatable bonds is 2. The van der Waals surface area contributed by atoms with Crippen molar-refractivity contribution in [2.24, 2.45) is 0 Å². The number of hydrogen-bond acceptors (Lipinski definition) is 7. The van der Waals surface area contributed by atoms with E-state index in [0.717, 1.165) is 17.3 Å². The molecular formula is C10H15N3O2S2. The Labute approximate surface area is 108 Å². The van der Waals surface area contributed by atoms with Crippen LogP contribution in [0.2, 0.25) is 0 Å². The van der Waals surface area contributed by atoms with Gasteiger partial charge in [0, 0.05) is 23.8 Å². The maximum atomic E-state index is 9.46. The minimum Gasteiger partial charge on any atom is -0.392 e. The number of nitrogens with zero attached hydrogens (tertiary/aromatic N) is 2. The van der Waals surface area contributed by atoms with E-state index >= 15 is 0 Å². The third-order valence-electron chi connectivity index (χ3n) is 2.97. The van der Waals surface area contributed by atoms with E-state index in [1.54, 1.807) is 0 Å². The average molecular weight is 273 g/mol. The Morgan fingerprint density at radius 2 is 2.35 bits per heavy atom. The first-order valence-electron chi connectivity index (χ1n) is 5.77. The van der Waals surface area contributed by atoms with Gasteiger partial charge in [-0.2, -0.15) is 16.7 Å². The smallest absolute Gasteiger partial charge is 0.243 e. The van der Waals surface area contributed by atoms with Gasteiger partial charge in [0.15, 0.2) is 5.82 Å². The molecule has 0 saturated carbocycles. The van der Waals surface area contributed by atoms with Crippen molar-refractivity contribution >= 4 is 23.5 Å². The molecule has 0 spiro atoms. The SMILES string of the molecule is OC1CN[C@H](c2nc(C3CSCCS3)no2)C1. The van der Waals surface area contributed by atoms with E-state index in [1.165, 1.54) is 5.75 Å². The second kappa shape index (κ2) is 5.17. The molecule has 2 unspecified atom stereocenters. The lowest BCUT2D eigenvalue weighted by Crippen LogP contribution is -2.15. The lowest BCUT2D eigenvalue weighted by Gasteiger charge is -2.17. The number of β-amino-alcohol motifs (C(OH)–C–C–N with tert-alkyl or cyclic N) is 1. The van der Waals surface area contributed by atoms with Crippen LogP contribution in [0, 0.1) is 0 Å². The maximum Gasteiger partial charge on any atom is 0.243 e. The Bertz CT molecular complexity index is 362. The lowest BCUT2D eigenvalue weighted by molar-refractivity contribution is 0.191. The molecule has 2 fully saturated rings. The molecule has 0 radical (unpaired) electrons. The number of aliphatic hydroxyl groups is 1. The van der Waals surface area contributed by atoms with Gasteiger partial charge in [0.05, 0.1) is 17.4 Å². The van der Waals surface area contributed by atoms with Crippen molar-refractivity contribution in [3.05, 3.63) is 11.7 Å². The fourth-order valence-electron chi connectivity index (χ4n) is 2.06. The molecule has 5 nitrogen and oxygen atoms in total. The summed E-state index contributed by atoms with van der Waals surface area (Å²) in [6.45, 7) is 0.608. The molecule has 2 aliphatic heterocycles.